The summed E-state index contributed by atoms with van der Waals surface area (Å²) in [6.45, 7) is 4.17. The summed E-state index contributed by atoms with van der Waals surface area (Å²) in [4.78, 5) is 11.4. The van der Waals surface area contributed by atoms with Crippen molar-refractivity contribution in [3.63, 3.8) is 0 Å². The Morgan fingerprint density at radius 3 is 2.52 bits per heavy atom. The first-order valence-corrected chi connectivity index (χ1v) is 6.95. The number of benzene rings is 2. The third kappa shape index (κ3) is 2.68. The van der Waals surface area contributed by atoms with Crippen molar-refractivity contribution < 1.29 is 13.9 Å². The third-order valence-electron chi connectivity index (χ3n) is 3.37. The van der Waals surface area contributed by atoms with E-state index < -0.39 is 0 Å². The molecule has 1 aromatic heterocycles. The largest absolute Gasteiger partial charge is 0.494 e. The molecular formula is C18H16O3. The third-order valence-corrected chi connectivity index (χ3v) is 3.37. The van der Waals surface area contributed by atoms with Crippen LogP contribution in [0.2, 0.25) is 0 Å². The van der Waals surface area contributed by atoms with Crippen molar-refractivity contribution in [2.45, 2.75) is 13.8 Å². The predicted octanol–water partition coefficient (Wildman–Crippen LogP) is 4.70. The van der Waals surface area contributed by atoms with Crippen molar-refractivity contribution >= 4 is 16.8 Å². The minimum Gasteiger partial charge on any atom is -0.494 e. The molecule has 0 saturated heterocycles. The highest BCUT2D eigenvalue weighted by atomic mass is 16.5. The topological polar surface area (TPSA) is 39.4 Å². The Morgan fingerprint density at radius 1 is 1.10 bits per heavy atom. The standard InChI is InChI=1S/C18H16O3/c1-3-20-16-7-4-13(5-8-16)18-11-15-10-14(12(2)19)6-9-17(15)21-18/h4-11H,3H2,1-2H3. The van der Waals surface area contributed by atoms with E-state index in [1.165, 1.54) is 0 Å². The molecule has 0 saturated carbocycles. The fraction of sp³-hybridized carbons (Fsp3) is 0.167. The molecule has 3 aromatic rings. The van der Waals surface area contributed by atoms with E-state index in [-0.39, 0.29) is 5.78 Å². The van der Waals surface area contributed by atoms with Gasteiger partial charge in [-0.25, -0.2) is 0 Å². The van der Waals surface area contributed by atoms with Crippen LogP contribution in [0, 0.1) is 0 Å². The SMILES string of the molecule is CCOc1ccc(-c2cc3cc(C(C)=O)ccc3o2)cc1. The first-order valence-electron chi connectivity index (χ1n) is 6.95. The number of rotatable bonds is 4. The van der Waals surface area contributed by atoms with Crippen LogP contribution in [0.25, 0.3) is 22.3 Å². The Labute approximate surface area is 123 Å². The van der Waals surface area contributed by atoms with Gasteiger partial charge in [-0.15, -0.1) is 0 Å². The molecular weight excluding hydrogens is 264 g/mol. The second-order valence-electron chi connectivity index (χ2n) is 4.88. The van der Waals surface area contributed by atoms with E-state index in [4.69, 9.17) is 9.15 Å². The average Bonchev–Trinajstić information content (AvgIpc) is 2.91. The normalized spacial score (nSPS) is 10.8. The zero-order valence-electron chi connectivity index (χ0n) is 12.1. The zero-order valence-corrected chi connectivity index (χ0v) is 12.1. The monoisotopic (exact) mass is 280 g/mol. The number of furan rings is 1. The van der Waals surface area contributed by atoms with E-state index in [0.29, 0.717) is 12.2 Å². The van der Waals surface area contributed by atoms with Gasteiger partial charge in [0.2, 0.25) is 0 Å². The Balaban J connectivity index is 1.98. The smallest absolute Gasteiger partial charge is 0.159 e. The van der Waals surface area contributed by atoms with Crippen molar-refractivity contribution in [2.24, 2.45) is 0 Å². The summed E-state index contributed by atoms with van der Waals surface area (Å²) in [7, 11) is 0. The molecule has 3 rings (SSSR count). The molecule has 0 unspecified atom stereocenters. The lowest BCUT2D eigenvalue weighted by molar-refractivity contribution is 0.101. The first-order chi connectivity index (χ1) is 10.2. The Kier molecular flexibility index (Phi) is 3.48. The molecule has 106 valence electrons. The van der Waals surface area contributed by atoms with Gasteiger partial charge >= 0.3 is 0 Å². The van der Waals surface area contributed by atoms with Crippen LogP contribution in [0.3, 0.4) is 0 Å². The van der Waals surface area contributed by atoms with Gasteiger partial charge in [-0.2, -0.15) is 0 Å². The maximum Gasteiger partial charge on any atom is 0.159 e. The average molecular weight is 280 g/mol. The molecule has 0 N–H and O–H groups in total. The van der Waals surface area contributed by atoms with Crippen LogP contribution in [0.15, 0.2) is 52.9 Å². The molecule has 0 aliphatic rings. The van der Waals surface area contributed by atoms with Gasteiger partial charge in [0.25, 0.3) is 0 Å². The van der Waals surface area contributed by atoms with Gasteiger partial charge in [0.1, 0.15) is 17.1 Å². The number of carbonyl (C=O) groups excluding carboxylic acids is 1. The van der Waals surface area contributed by atoms with E-state index in [2.05, 4.69) is 0 Å². The second kappa shape index (κ2) is 5.44. The number of Topliss-reactive ketones (excluding diaryl/α,β-unsaturated/α-hetero) is 1. The summed E-state index contributed by atoms with van der Waals surface area (Å²) < 4.78 is 11.3. The summed E-state index contributed by atoms with van der Waals surface area (Å²) in [5.41, 5.74) is 2.46. The molecule has 2 aromatic carbocycles. The van der Waals surface area contributed by atoms with E-state index in [0.717, 1.165) is 28.0 Å². The highest BCUT2D eigenvalue weighted by Crippen LogP contribution is 2.29. The lowest BCUT2D eigenvalue weighted by Gasteiger charge is -2.02. The molecule has 0 spiro atoms. The Hall–Kier alpha value is -2.55. The minimum absolute atomic E-state index is 0.0562. The van der Waals surface area contributed by atoms with E-state index in [9.17, 15) is 4.79 Å². The van der Waals surface area contributed by atoms with Crippen LogP contribution in [0.4, 0.5) is 0 Å². The van der Waals surface area contributed by atoms with Gasteiger partial charge in [0.15, 0.2) is 5.78 Å². The Morgan fingerprint density at radius 2 is 1.86 bits per heavy atom. The molecule has 0 aliphatic carbocycles. The molecule has 0 fully saturated rings. The number of fused-ring (bicyclic) bond motifs is 1. The molecule has 0 amide bonds. The van der Waals surface area contributed by atoms with Crippen molar-refractivity contribution in [1.82, 2.24) is 0 Å². The second-order valence-corrected chi connectivity index (χ2v) is 4.88. The van der Waals surface area contributed by atoms with Gasteiger partial charge < -0.3 is 9.15 Å². The summed E-state index contributed by atoms with van der Waals surface area (Å²) in [5, 5.41) is 0.937. The maximum absolute atomic E-state index is 11.4. The van der Waals surface area contributed by atoms with Gasteiger partial charge in [-0.05, 0) is 62.4 Å². The number of hydrogen-bond donors (Lipinski definition) is 0. The zero-order chi connectivity index (χ0) is 14.8. The fourth-order valence-corrected chi connectivity index (χ4v) is 2.29. The minimum atomic E-state index is 0.0562. The van der Waals surface area contributed by atoms with Crippen molar-refractivity contribution in [1.29, 1.82) is 0 Å². The molecule has 3 heteroatoms. The lowest BCUT2D eigenvalue weighted by atomic mass is 10.1. The highest BCUT2D eigenvalue weighted by Gasteiger charge is 2.08. The van der Waals surface area contributed by atoms with Crippen LogP contribution in [-0.4, -0.2) is 12.4 Å². The van der Waals surface area contributed by atoms with Gasteiger partial charge in [-0.3, -0.25) is 4.79 Å². The lowest BCUT2D eigenvalue weighted by Crippen LogP contribution is -1.90. The van der Waals surface area contributed by atoms with Gasteiger partial charge in [-0.1, -0.05) is 0 Å². The van der Waals surface area contributed by atoms with E-state index >= 15 is 0 Å². The molecule has 0 atom stereocenters. The molecule has 1 heterocycles. The molecule has 0 aliphatic heterocycles. The van der Waals surface area contributed by atoms with Crippen molar-refractivity contribution in [3.05, 3.63) is 54.1 Å². The van der Waals surface area contributed by atoms with Gasteiger partial charge in [0.05, 0.1) is 6.61 Å². The van der Waals surface area contributed by atoms with Crippen molar-refractivity contribution in [2.75, 3.05) is 6.61 Å². The first kappa shape index (κ1) is 13.4. The number of hydrogen-bond acceptors (Lipinski definition) is 3. The van der Waals surface area contributed by atoms with Crippen LogP contribution >= 0.6 is 0 Å². The maximum atomic E-state index is 11.4. The van der Waals surface area contributed by atoms with Crippen molar-refractivity contribution in [3.8, 4) is 17.1 Å². The molecule has 3 nitrogen and oxygen atoms in total. The number of ether oxygens (including phenoxy) is 1. The molecule has 21 heavy (non-hydrogen) atoms. The van der Waals surface area contributed by atoms with Crippen LogP contribution in [0.1, 0.15) is 24.2 Å². The van der Waals surface area contributed by atoms with E-state index in [1.54, 1.807) is 13.0 Å². The fourth-order valence-electron chi connectivity index (χ4n) is 2.29. The Bertz CT molecular complexity index is 782. The van der Waals surface area contributed by atoms with E-state index in [1.807, 2.05) is 49.4 Å². The predicted molar refractivity (Wildman–Crippen MR) is 82.8 cm³/mol. The van der Waals surface area contributed by atoms with Crippen LogP contribution < -0.4 is 4.74 Å². The van der Waals surface area contributed by atoms with Crippen LogP contribution in [-0.2, 0) is 0 Å². The summed E-state index contributed by atoms with van der Waals surface area (Å²) in [6, 6.07) is 15.2. The van der Waals surface area contributed by atoms with Crippen LogP contribution in [0.5, 0.6) is 5.75 Å². The number of carbonyl (C=O) groups is 1. The molecule has 0 bridgehead atoms. The highest BCUT2D eigenvalue weighted by molar-refractivity contribution is 5.98. The summed E-state index contributed by atoms with van der Waals surface area (Å²) in [5.74, 6) is 1.69. The quantitative estimate of drug-likeness (QED) is 0.650. The van der Waals surface area contributed by atoms with Gasteiger partial charge in [0, 0.05) is 16.5 Å². The summed E-state index contributed by atoms with van der Waals surface area (Å²) in [6.07, 6.45) is 0. The molecule has 0 radical (unpaired) electrons. The summed E-state index contributed by atoms with van der Waals surface area (Å²) >= 11 is 0. The number of ketones is 1.